The van der Waals surface area contributed by atoms with Gasteiger partial charge in [0.2, 0.25) is 11.8 Å². The molecule has 4 rings (SSSR count). The van der Waals surface area contributed by atoms with E-state index in [1.807, 2.05) is 37.3 Å². The number of nitrogens with zero attached hydrogens (tertiary/aromatic N) is 2. The fourth-order valence-corrected chi connectivity index (χ4v) is 4.24. The van der Waals surface area contributed by atoms with E-state index in [4.69, 9.17) is 4.74 Å². The molecule has 1 spiro atoms. The van der Waals surface area contributed by atoms with Gasteiger partial charge in [0.15, 0.2) is 0 Å². The molecule has 2 aliphatic rings. The third-order valence-electron chi connectivity index (χ3n) is 6.24. The molecule has 0 aliphatic carbocycles. The van der Waals surface area contributed by atoms with Crippen LogP contribution in [0.2, 0.25) is 0 Å². The summed E-state index contributed by atoms with van der Waals surface area (Å²) >= 11 is 0. The number of aryl methyl sites for hydroxylation is 1. The van der Waals surface area contributed by atoms with E-state index in [2.05, 4.69) is 15.6 Å². The van der Waals surface area contributed by atoms with E-state index in [0.717, 1.165) is 11.1 Å². The summed E-state index contributed by atoms with van der Waals surface area (Å²) in [4.78, 5) is 43.8. The van der Waals surface area contributed by atoms with Gasteiger partial charge in [-0.15, -0.1) is 0 Å². The molecule has 8 heteroatoms. The number of hydrogen-bond donors (Lipinski definition) is 2. The zero-order valence-electron chi connectivity index (χ0n) is 18.4. The standard InChI is InChI=1S/C24H28N4O4/c1-16-5-6-20-19(12-16)23(31)27-15-24(32-20)8-7-21(29)28(11-9-24)17(2)22(30)26-14-18-4-3-10-25-13-18/h3-6,10,12-13,17H,7-9,11,14-15H2,1-2H3,(H,26,30)(H,27,31). The fraction of sp³-hybridized carbons (Fsp3) is 0.417. The van der Waals surface area contributed by atoms with Gasteiger partial charge in [0.05, 0.1) is 12.1 Å². The maximum atomic E-state index is 12.9. The van der Waals surface area contributed by atoms with Gasteiger partial charge in [0.25, 0.3) is 5.91 Å². The van der Waals surface area contributed by atoms with Gasteiger partial charge in [-0.3, -0.25) is 19.4 Å². The van der Waals surface area contributed by atoms with E-state index in [-0.39, 0.29) is 24.1 Å². The summed E-state index contributed by atoms with van der Waals surface area (Å²) in [6, 6.07) is 8.63. The fourth-order valence-electron chi connectivity index (χ4n) is 4.24. The lowest BCUT2D eigenvalue weighted by atomic mass is 9.94. The lowest BCUT2D eigenvalue weighted by Gasteiger charge is -2.32. The van der Waals surface area contributed by atoms with Crippen LogP contribution in [0.15, 0.2) is 42.7 Å². The van der Waals surface area contributed by atoms with Gasteiger partial charge < -0.3 is 20.3 Å². The number of carbonyl (C=O) groups excluding carboxylic acids is 3. The average Bonchev–Trinajstić information content (AvgIpc) is 3.04. The third-order valence-corrected chi connectivity index (χ3v) is 6.24. The summed E-state index contributed by atoms with van der Waals surface area (Å²) < 4.78 is 6.36. The van der Waals surface area contributed by atoms with Gasteiger partial charge in [-0.05, 0) is 44.0 Å². The molecule has 1 aromatic heterocycles. The van der Waals surface area contributed by atoms with Crippen LogP contribution < -0.4 is 15.4 Å². The maximum Gasteiger partial charge on any atom is 0.255 e. The van der Waals surface area contributed by atoms with Gasteiger partial charge >= 0.3 is 0 Å². The molecule has 2 aromatic rings. The Morgan fingerprint density at radius 2 is 2.16 bits per heavy atom. The van der Waals surface area contributed by atoms with Crippen LogP contribution in [0.3, 0.4) is 0 Å². The molecule has 1 aromatic carbocycles. The summed E-state index contributed by atoms with van der Waals surface area (Å²) in [6.07, 6.45) is 4.61. The number of carbonyl (C=O) groups is 3. The number of nitrogens with one attached hydrogen (secondary N) is 2. The average molecular weight is 437 g/mol. The zero-order chi connectivity index (χ0) is 22.7. The van der Waals surface area contributed by atoms with Crippen molar-refractivity contribution in [2.24, 2.45) is 0 Å². The van der Waals surface area contributed by atoms with Crippen molar-refractivity contribution in [2.75, 3.05) is 13.1 Å². The topological polar surface area (TPSA) is 101 Å². The van der Waals surface area contributed by atoms with Crippen LogP contribution >= 0.6 is 0 Å². The number of ether oxygens (including phenoxy) is 1. The molecular weight excluding hydrogens is 408 g/mol. The first-order chi connectivity index (χ1) is 15.4. The van der Waals surface area contributed by atoms with E-state index in [1.165, 1.54) is 0 Å². The second kappa shape index (κ2) is 8.98. The highest BCUT2D eigenvalue weighted by Gasteiger charge is 2.41. The number of fused-ring (bicyclic) bond motifs is 1. The van der Waals surface area contributed by atoms with E-state index in [9.17, 15) is 14.4 Å². The Morgan fingerprint density at radius 3 is 2.94 bits per heavy atom. The van der Waals surface area contributed by atoms with Gasteiger partial charge in [-0.1, -0.05) is 17.7 Å². The normalized spacial score (nSPS) is 21.6. The lowest BCUT2D eigenvalue weighted by Crippen LogP contribution is -2.49. The third kappa shape index (κ3) is 4.59. The van der Waals surface area contributed by atoms with Crippen molar-refractivity contribution in [3.63, 3.8) is 0 Å². The molecule has 1 saturated heterocycles. The quantitative estimate of drug-likeness (QED) is 0.763. The van der Waals surface area contributed by atoms with Crippen molar-refractivity contribution >= 4 is 17.7 Å². The summed E-state index contributed by atoms with van der Waals surface area (Å²) in [7, 11) is 0. The van der Waals surface area contributed by atoms with Crippen LogP contribution in [0.25, 0.3) is 0 Å². The highest BCUT2D eigenvalue weighted by molar-refractivity contribution is 5.97. The Kier molecular flexibility index (Phi) is 6.12. The minimum Gasteiger partial charge on any atom is -0.485 e. The van der Waals surface area contributed by atoms with Crippen LogP contribution in [0, 0.1) is 6.92 Å². The van der Waals surface area contributed by atoms with E-state index >= 15 is 0 Å². The summed E-state index contributed by atoms with van der Waals surface area (Å²) in [5.74, 6) is 0.0631. The first-order valence-corrected chi connectivity index (χ1v) is 10.9. The van der Waals surface area contributed by atoms with Crippen LogP contribution in [-0.4, -0.2) is 52.3 Å². The minimum atomic E-state index is -0.688. The molecule has 32 heavy (non-hydrogen) atoms. The molecule has 0 bridgehead atoms. The van der Waals surface area contributed by atoms with Crippen molar-refractivity contribution in [1.29, 1.82) is 0 Å². The van der Waals surface area contributed by atoms with Crippen molar-refractivity contribution in [2.45, 2.75) is 51.3 Å². The molecule has 2 atom stereocenters. The number of hydrogen-bond acceptors (Lipinski definition) is 5. The summed E-state index contributed by atoms with van der Waals surface area (Å²) in [5, 5.41) is 5.84. The molecule has 0 radical (unpaired) electrons. The Morgan fingerprint density at radius 1 is 1.31 bits per heavy atom. The molecule has 2 aliphatic heterocycles. The highest BCUT2D eigenvalue weighted by atomic mass is 16.5. The Bertz CT molecular complexity index is 1030. The van der Waals surface area contributed by atoms with Crippen LogP contribution in [0.4, 0.5) is 0 Å². The number of benzene rings is 1. The Hall–Kier alpha value is -3.42. The SMILES string of the molecule is Cc1ccc2c(c1)C(=O)NCC1(CCC(=O)N(C(C)C(=O)NCc3cccnc3)CC1)O2. The highest BCUT2D eigenvalue weighted by Crippen LogP contribution is 2.34. The first-order valence-electron chi connectivity index (χ1n) is 10.9. The van der Waals surface area contributed by atoms with Crippen LogP contribution in [0.1, 0.15) is 47.7 Å². The summed E-state index contributed by atoms with van der Waals surface area (Å²) in [6.45, 7) is 4.72. The molecule has 0 saturated carbocycles. The monoisotopic (exact) mass is 436 g/mol. The number of likely N-dealkylation sites (tertiary alicyclic amines) is 1. The predicted molar refractivity (Wildman–Crippen MR) is 118 cm³/mol. The number of aromatic nitrogens is 1. The first kappa shape index (κ1) is 21.8. The Labute approximate surface area is 187 Å². The molecule has 2 unspecified atom stereocenters. The zero-order valence-corrected chi connectivity index (χ0v) is 18.4. The molecule has 1 fully saturated rings. The minimum absolute atomic E-state index is 0.0887. The maximum absolute atomic E-state index is 12.9. The predicted octanol–water partition coefficient (Wildman–Crippen LogP) is 1.97. The largest absolute Gasteiger partial charge is 0.485 e. The number of pyridine rings is 1. The van der Waals surface area contributed by atoms with E-state index in [1.54, 1.807) is 24.2 Å². The van der Waals surface area contributed by atoms with Gasteiger partial charge in [0, 0.05) is 38.3 Å². The Balaban J connectivity index is 1.45. The van der Waals surface area contributed by atoms with Crippen molar-refractivity contribution < 1.29 is 19.1 Å². The summed E-state index contributed by atoms with van der Waals surface area (Å²) in [5.41, 5.74) is 1.70. The van der Waals surface area contributed by atoms with Crippen LogP contribution in [-0.2, 0) is 16.1 Å². The van der Waals surface area contributed by atoms with E-state index < -0.39 is 11.6 Å². The smallest absolute Gasteiger partial charge is 0.255 e. The van der Waals surface area contributed by atoms with Crippen molar-refractivity contribution in [3.05, 3.63) is 59.4 Å². The lowest BCUT2D eigenvalue weighted by molar-refractivity contribution is -0.139. The molecule has 168 valence electrons. The van der Waals surface area contributed by atoms with Crippen LogP contribution in [0.5, 0.6) is 5.75 Å². The number of rotatable bonds is 4. The number of amides is 3. The van der Waals surface area contributed by atoms with Gasteiger partial charge in [-0.2, -0.15) is 0 Å². The molecular formula is C24H28N4O4. The van der Waals surface area contributed by atoms with Crippen molar-refractivity contribution in [1.82, 2.24) is 20.5 Å². The van der Waals surface area contributed by atoms with Crippen molar-refractivity contribution in [3.8, 4) is 5.75 Å². The molecule has 8 nitrogen and oxygen atoms in total. The second-order valence-corrected chi connectivity index (χ2v) is 8.56. The van der Waals surface area contributed by atoms with Gasteiger partial charge in [-0.25, -0.2) is 0 Å². The van der Waals surface area contributed by atoms with Gasteiger partial charge in [0.1, 0.15) is 17.4 Å². The van der Waals surface area contributed by atoms with E-state index in [0.29, 0.717) is 43.8 Å². The molecule has 3 heterocycles. The second-order valence-electron chi connectivity index (χ2n) is 8.56. The molecule has 2 N–H and O–H groups in total. The molecule has 3 amide bonds.